The minimum absolute atomic E-state index is 0.0108. The second kappa shape index (κ2) is 6.89. The fraction of sp³-hybridized carbons (Fsp3) is 0.889. The number of sulfone groups is 1. The molecule has 3 fully saturated rings. The highest BCUT2D eigenvalue weighted by Crippen LogP contribution is 2.50. The van der Waals surface area contributed by atoms with Crippen LogP contribution in [-0.2, 0) is 19.4 Å². The van der Waals surface area contributed by atoms with E-state index in [9.17, 15) is 18.0 Å². The van der Waals surface area contributed by atoms with Crippen LogP contribution in [0.3, 0.4) is 0 Å². The van der Waals surface area contributed by atoms with E-state index in [0.717, 1.165) is 32.2 Å². The smallest absolute Gasteiger partial charge is 0.238 e. The minimum Gasteiger partial charge on any atom is -0.339 e. The van der Waals surface area contributed by atoms with Crippen molar-refractivity contribution in [2.24, 2.45) is 5.41 Å². The Kier molecular flexibility index (Phi) is 5.15. The van der Waals surface area contributed by atoms with Gasteiger partial charge in [-0.15, -0.1) is 0 Å². The second-order valence-electron chi connectivity index (χ2n) is 7.79. The molecule has 0 aromatic heterocycles. The lowest BCUT2D eigenvalue weighted by Crippen LogP contribution is -2.53. The predicted molar refractivity (Wildman–Crippen MR) is 95.8 cm³/mol. The molecule has 2 amide bonds. The molecule has 0 bridgehead atoms. The van der Waals surface area contributed by atoms with Crippen molar-refractivity contribution in [3.63, 3.8) is 0 Å². The topological polar surface area (TPSA) is 74.8 Å². The van der Waals surface area contributed by atoms with Crippen LogP contribution < -0.4 is 0 Å². The summed E-state index contributed by atoms with van der Waals surface area (Å²) in [6, 6.07) is -0.0236. The summed E-state index contributed by atoms with van der Waals surface area (Å²) in [6.45, 7) is 5.18. The largest absolute Gasteiger partial charge is 0.339 e. The molecular weight excluding hydrogens is 340 g/mol. The molecule has 0 aromatic rings. The number of carbonyl (C=O) groups is 2. The minimum atomic E-state index is -3.05. The quantitative estimate of drug-likeness (QED) is 0.689. The molecule has 3 rings (SSSR count). The first-order valence-corrected chi connectivity index (χ1v) is 11.5. The van der Waals surface area contributed by atoms with E-state index < -0.39 is 15.3 Å². The maximum absolute atomic E-state index is 13.2. The van der Waals surface area contributed by atoms with E-state index in [0.29, 0.717) is 25.8 Å². The molecule has 1 aliphatic carbocycles. The summed E-state index contributed by atoms with van der Waals surface area (Å²) in [4.78, 5) is 30.0. The van der Waals surface area contributed by atoms with Crippen molar-refractivity contribution >= 4 is 21.7 Å². The number of rotatable bonds is 5. The Morgan fingerprint density at radius 2 is 1.88 bits per heavy atom. The van der Waals surface area contributed by atoms with E-state index in [1.807, 2.05) is 11.8 Å². The lowest BCUT2D eigenvalue weighted by Gasteiger charge is -2.39. The molecule has 0 radical (unpaired) electrons. The van der Waals surface area contributed by atoms with Gasteiger partial charge >= 0.3 is 0 Å². The third kappa shape index (κ3) is 3.44. The monoisotopic (exact) mass is 370 g/mol. The zero-order chi connectivity index (χ0) is 18.2. The van der Waals surface area contributed by atoms with Crippen LogP contribution in [-0.4, -0.2) is 66.7 Å². The first kappa shape index (κ1) is 18.7. The van der Waals surface area contributed by atoms with Gasteiger partial charge in [-0.2, -0.15) is 0 Å². The standard InChI is InChI=1S/C18H30N2O4S/c1-3-14-7-5-6-11-20(14)17(22)18(9-10-18)16(21)19(4-2)15-8-12-25(23,24)13-15/h14-15H,3-13H2,1-2H3. The molecule has 7 heteroatoms. The van der Waals surface area contributed by atoms with Gasteiger partial charge in [-0.25, -0.2) is 8.42 Å². The third-order valence-electron chi connectivity index (χ3n) is 6.18. The van der Waals surface area contributed by atoms with Crippen molar-refractivity contribution in [3.8, 4) is 0 Å². The van der Waals surface area contributed by atoms with E-state index in [1.54, 1.807) is 4.90 Å². The van der Waals surface area contributed by atoms with Crippen LogP contribution in [0.1, 0.15) is 58.8 Å². The number of piperidine rings is 1. The van der Waals surface area contributed by atoms with Gasteiger partial charge in [-0.3, -0.25) is 9.59 Å². The molecule has 0 spiro atoms. The SMILES string of the molecule is CCC1CCCCN1C(=O)C1(C(=O)N(CC)C2CCS(=O)(=O)C2)CC1. The number of hydrogen-bond acceptors (Lipinski definition) is 4. The third-order valence-corrected chi connectivity index (χ3v) is 7.93. The van der Waals surface area contributed by atoms with Gasteiger partial charge in [0.2, 0.25) is 11.8 Å². The normalized spacial score (nSPS) is 30.1. The van der Waals surface area contributed by atoms with E-state index in [2.05, 4.69) is 6.92 Å². The molecule has 1 saturated carbocycles. The van der Waals surface area contributed by atoms with Gasteiger partial charge in [0, 0.05) is 25.2 Å². The van der Waals surface area contributed by atoms with Gasteiger partial charge in [0.25, 0.3) is 0 Å². The molecule has 2 aliphatic heterocycles. The molecule has 142 valence electrons. The molecule has 0 aromatic carbocycles. The van der Waals surface area contributed by atoms with Crippen molar-refractivity contribution < 1.29 is 18.0 Å². The van der Waals surface area contributed by atoms with Crippen LogP contribution in [0.4, 0.5) is 0 Å². The Morgan fingerprint density at radius 3 is 2.40 bits per heavy atom. The number of carbonyl (C=O) groups excluding carboxylic acids is 2. The first-order chi connectivity index (χ1) is 11.8. The highest BCUT2D eigenvalue weighted by molar-refractivity contribution is 7.91. The molecule has 0 N–H and O–H groups in total. The second-order valence-corrected chi connectivity index (χ2v) is 10.0. The molecule has 25 heavy (non-hydrogen) atoms. The van der Waals surface area contributed by atoms with Crippen LogP contribution in [0, 0.1) is 5.41 Å². The Labute approximate surface area is 150 Å². The Balaban J connectivity index is 1.76. The van der Waals surface area contributed by atoms with Gasteiger partial charge in [0.15, 0.2) is 9.84 Å². The van der Waals surface area contributed by atoms with Crippen LogP contribution in [0.5, 0.6) is 0 Å². The van der Waals surface area contributed by atoms with E-state index in [-0.39, 0.29) is 35.4 Å². The Bertz CT molecular complexity index is 641. The van der Waals surface area contributed by atoms with Crippen LogP contribution in [0.2, 0.25) is 0 Å². The van der Waals surface area contributed by atoms with E-state index in [1.165, 1.54) is 0 Å². The van der Waals surface area contributed by atoms with Crippen LogP contribution in [0.15, 0.2) is 0 Å². The average molecular weight is 371 g/mol. The summed E-state index contributed by atoms with van der Waals surface area (Å²) in [7, 11) is -3.05. The highest BCUT2D eigenvalue weighted by Gasteiger charge is 2.60. The Morgan fingerprint density at radius 1 is 1.16 bits per heavy atom. The molecule has 2 atom stereocenters. The van der Waals surface area contributed by atoms with Gasteiger partial charge in [-0.1, -0.05) is 6.92 Å². The van der Waals surface area contributed by atoms with Gasteiger partial charge in [0.1, 0.15) is 5.41 Å². The predicted octanol–water partition coefficient (Wildman–Crippen LogP) is 1.59. The van der Waals surface area contributed by atoms with Gasteiger partial charge in [-0.05, 0) is 51.9 Å². The number of amides is 2. The van der Waals surface area contributed by atoms with Crippen molar-refractivity contribution in [1.82, 2.24) is 9.80 Å². The molecule has 2 unspecified atom stereocenters. The van der Waals surface area contributed by atoms with E-state index in [4.69, 9.17) is 0 Å². The molecule has 2 saturated heterocycles. The van der Waals surface area contributed by atoms with Crippen LogP contribution in [0.25, 0.3) is 0 Å². The molecular formula is C18H30N2O4S. The fourth-order valence-corrected chi connectivity index (χ4v) is 6.21. The summed E-state index contributed by atoms with van der Waals surface area (Å²) in [5, 5.41) is 0. The maximum Gasteiger partial charge on any atom is 0.238 e. The zero-order valence-electron chi connectivity index (χ0n) is 15.4. The van der Waals surface area contributed by atoms with Crippen molar-refractivity contribution in [3.05, 3.63) is 0 Å². The lowest BCUT2D eigenvalue weighted by molar-refractivity contribution is -0.152. The lowest BCUT2D eigenvalue weighted by atomic mass is 9.95. The van der Waals surface area contributed by atoms with Crippen molar-refractivity contribution in [2.75, 3.05) is 24.6 Å². The first-order valence-electron chi connectivity index (χ1n) is 9.67. The van der Waals surface area contributed by atoms with E-state index >= 15 is 0 Å². The zero-order valence-corrected chi connectivity index (χ0v) is 16.2. The summed E-state index contributed by atoms with van der Waals surface area (Å²) >= 11 is 0. The molecule has 3 aliphatic rings. The summed E-state index contributed by atoms with van der Waals surface area (Å²) in [5.41, 5.74) is -0.910. The van der Waals surface area contributed by atoms with Gasteiger partial charge < -0.3 is 9.80 Å². The number of likely N-dealkylation sites (tertiary alicyclic amines) is 1. The molecule has 6 nitrogen and oxygen atoms in total. The average Bonchev–Trinajstić information content (AvgIpc) is 3.34. The Hall–Kier alpha value is -1.11. The summed E-state index contributed by atoms with van der Waals surface area (Å²) in [6.07, 6.45) is 5.79. The van der Waals surface area contributed by atoms with Crippen molar-refractivity contribution in [2.45, 2.75) is 70.9 Å². The maximum atomic E-state index is 13.2. The van der Waals surface area contributed by atoms with Crippen LogP contribution >= 0.6 is 0 Å². The highest BCUT2D eigenvalue weighted by atomic mass is 32.2. The summed E-state index contributed by atoms with van der Waals surface area (Å²) in [5.74, 6) is 0.0378. The number of hydrogen-bond donors (Lipinski definition) is 0. The van der Waals surface area contributed by atoms with Gasteiger partial charge in [0.05, 0.1) is 11.5 Å². The summed E-state index contributed by atoms with van der Waals surface area (Å²) < 4.78 is 23.6. The fourth-order valence-electron chi connectivity index (χ4n) is 4.48. The number of nitrogens with zero attached hydrogens (tertiary/aromatic N) is 2. The molecule has 2 heterocycles. The van der Waals surface area contributed by atoms with Crippen molar-refractivity contribution in [1.29, 1.82) is 0 Å².